The fraction of sp³-hybridized carbons (Fsp3) is 0.417. The monoisotopic (exact) mass is 286 g/mol. The number of nitrogens with two attached hydrogens (primary N) is 1. The van der Waals surface area contributed by atoms with Crippen LogP contribution in [-0.4, -0.2) is 27.2 Å². The maximum Gasteiger partial charge on any atom is 0.306 e. The number of methoxy groups -OCH3 is 1. The molecule has 106 valence electrons. The summed E-state index contributed by atoms with van der Waals surface area (Å²) in [7, 11) is -2.37. The molecule has 0 radical (unpaired) electrons. The lowest BCUT2D eigenvalue weighted by atomic mass is 10.1. The quantitative estimate of drug-likeness (QED) is 0.603. The summed E-state index contributed by atoms with van der Waals surface area (Å²) in [4.78, 5) is 10.9. The fourth-order valence-corrected chi connectivity index (χ4v) is 2.55. The molecule has 0 saturated carbocycles. The number of anilines is 2. The van der Waals surface area contributed by atoms with Crippen molar-refractivity contribution in [3.63, 3.8) is 0 Å². The second-order valence-electron chi connectivity index (χ2n) is 4.01. The van der Waals surface area contributed by atoms with Gasteiger partial charge in [0, 0.05) is 5.69 Å². The van der Waals surface area contributed by atoms with Gasteiger partial charge in [-0.25, -0.2) is 8.42 Å². The van der Waals surface area contributed by atoms with Gasteiger partial charge in [0.05, 0.1) is 25.0 Å². The van der Waals surface area contributed by atoms with Crippen molar-refractivity contribution in [2.75, 3.05) is 23.3 Å². The van der Waals surface area contributed by atoms with Crippen LogP contribution >= 0.6 is 0 Å². The molecule has 0 aliphatic carbocycles. The summed E-state index contributed by atoms with van der Waals surface area (Å²) in [6.45, 7) is 1.96. The Bertz CT molecular complexity index is 555. The number of ether oxygens (including phenoxy) is 1. The van der Waals surface area contributed by atoms with E-state index in [1.807, 2.05) is 6.92 Å². The van der Waals surface area contributed by atoms with Crippen LogP contribution in [0, 0.1) is 0 Å². The maximum absolute atomic E-state index is 11.7. The first kappa shape index (κ1) is 15.3. The number of esters is 1. The van der Waals surface area contributed by atoms with Crippen LogP contribution in [0.4, 0.5) is 11.4 Å². The Kier molecular flexibility index (Phi) is 5.17. The Morgan fingerprint density at radius 2 is 2.11 bits per heavy atom. The highest BCUT2D eigenvalue weighted by molar-refractivity contribution is 7.92. The lowest BCUT2D eigenvalue weighted by molar-refractivity contribution is -0.140. The van der Waals surface area contributed by atoms with E-state index in [4.69, 9.17) is 5.73 Å². The number of sulfonamides is 1. The topological polar surface area (TPSA) is 98.5 Å². The number of rotatable bonds is 6. The Labute approximate surface area is 113 Å². The summed E-state index contributed by atoms with van der Waals surface area (Å²) in [6.07, 6.45) is 0.593. The third kappa shape index (κ3) is 4.78. The van der Waals surface area contributed by atoms with Gasteiger partial charge >= 0.3 is 5.97 Å². The van der Waals surface area contributed by atoms with Crippen LogP contribution in [0.25, 0.3) is 0 Å². The number of carbonyl (C=O) groups excluding carboxylic acids is 1. The molecule has 0 fully saturated rings. The second-order valence-corrected chi connectivity index (χ2v) is 5.86. The van der Waals surface area contributed by atoms with Crippen LogP contribution in [0.1, 0.15) is 18.9 Å². The van der Waals surface area contributed by atoms with Gasteiger partial charge < -0.3 is 10.5 Å². The number of hydrogen-bond acceptors (Lipinski definition) is 5. The van der Waals surface area contributed by atoms with E-state index in [9.17, 15) is 13.2 Å². The molecule has 6 nitrogen and oxygen atoms in total. The number of carbonyl (C=O) groups is 1. The number of benzene rings is 1. The van der Waals surface area contributed by atoms with Crippen LogP contribution in [0.5, 0.6) is 0 Å². The lowest BCUT2D eigenvalue weighted by Gasteiger charge is -2.10. The standard InChI is InChI=1S/C12H18N2O4S/c1-3-9-4-5-10(8-11(9)13)14-19(16,17)7-6-12(15)18-2/h4-5,8,14H,3,6-7,13H2,1-2H3. The van der Waals surface area contributed by atoms with Crippen molar-refractivity contribution in [2.24, 2.45) is 0 Å². The molecular formula is C12H18N2O4S. The SMILES string of the molecule is CCc1ccc(NS(=O)(=O)CCC(=O)OC)cc1N. The first-order valence-electron chi connectivity index (χ1n) is 5.83. The van der Waals surface area contributed by atoms with Crippen molar-refractivity contribution < 1.29 is 17.9 Å². The van der Waals surface area contributed by atoms with Gasteiger partial charge in [0.2, 0.25) is 10.0 Å². The molecule has 1 aromatic rings. The zero-order valence-corrected chi connectivity index (χ0v) is 11.8. The van der Waals surface area contributed by atoms with Crippen molar-refractivity contribution in [3.8, 4) is 0 Å². The van der Waals surface area contributed by atoms with Crippen molar-refractivity contribution in [2.45, 2.75) is 19.8 Å². The van der Waals surface area contributed by atoms with E-state index in [1.165, 1.54) is 7.11 Å². The number of nitrogen functional groups attached to an aromatic ring is 1. The third-order valence-electron chi connectivity index (χ3n) is 2.60. The summed E-state index contributed by atoms with van der Waals surface area (Å²) < 4.78 is 30.2. The van der Waals surface area contributed by atoms with Crippen molar-refractivity contribution in [3.05, 3.63) is 23.8 Å². The second kappa shape index (κ2) is 6.42. The van der Waals surface area contributed by atoms with Crippen LogP contribution in [0.15, 0.2) is 18.2 Å². The first-order chi connectivity index (χ1) is 8.88. The summed E-state index contributed by atoms with van der Waals surface area (Å²) in [5.74, 6) is -0.888. The largest absolute Gasteiger partial charge is 0.469 e. The molecule has 0 aliphatic rings. The molecule has 0 amide bonds. The molecule has 3 N–H and O–H groups in total. The van der Waals surface area contributed by atoms with Gasteiger partial charge in [0.25, 0.3) is 0 Å². The van der Waals surface area contributed by atoms with E-state index in [1.54, 1.807) is 18.2 Å². The van der Waals surface area contributed by atoms with E-state index >= 15 is 0 Å². The molecule has 0 heterocycles. The predicted molar refractivity (Wildman–Crippen MR) is 74.3 cm³/mol. The van der Waals surface area contributed by atoms with Gasteiger partial charge in [-0.15, -0.1) is 0 Å². The van der Waals surface area contributed by atoms with Gasteiger partial charge in [-0.05, 0) is 24.1 Å². The number of aryl methyl sites for hydroxylation is 1. The van der Waals surface area contributed by atoms with Gasteiger partial charge in [-0.1, -0.05) is 13.0 Å². The molecule has 1 rings (SSSR count). The van der Waals surface area contributed by atoms with Crippen molar-refractivity contribution in [1.82, 2.24) is 0 Å². The summed E-state index contributed by atoms with van der Waals surface area (Å²) in [5, 5.41) is 0. The van der Waals surface area contributed by atoms with Gasteiger partial charge in [-0.2, -0.15) is 0 Å². The van der Waals surface area contributed by atoms with Crippen molar-refractivity contribution in [1.29, 1.82) is 0 Å². The Morgan fingerprint density at radius 3 is 2.63 bits per heavy atom. The molecule has 0 aliphatic heterocycles. The van der Waals surface area contributed by atoms with Crippen LogP contribution in [0.2, 0.25) is 0 Å². The summed E-state index contributed by atoms with van der Waals surface area (Å²) in [6, 6.07) is 4.98. The first-order valence-corrected chi connectivity index (χ1v) is 7.49. The highest BCUT2D eigenvalue weighted by Gasteiger charge is 2.14. The minimum Gasteiger partial charge on any atom is -0.469 e. The highest BCUT2D eigenvalue weighted by Crippen LogP contribution is 2.19. The predicted octanol–water partition coefficient (Wildman–Crippen LogP) is 1.14. The van der Waals surface area contributed by atoms with E-state index in [0.29, 0.717) is 11.4 Å². The molecule has 0 aromatic heterocycles. The van der Waals surface area contributed by atoms with Crippen LogP contribution in [0.3, 0.4) is 0 Å². The molecule has 1 aromatic carbocycles. The molecule has 0 unspecified atom stereocenters. The van der Waals surface area contributed by atoms with Gasteiger partial charge in [0.1, 0.15) is 0 Å². The van der Waals surface area contributed by atoms with Crippen LogP contribution < -0.4 is 10.5 Å². The minimum atomic E-state index is -3.58. The Hall–Kier alpha value is -1.76. The highest BCUT2D eigenvalue weighted by atomic mass is 32.2. The molecule has 0 spiro atoms. The zero-order chi connectivity index (χ0) is 14.5. The smallest absolute Gasteiger partial charge is 0.306 e. The number of hydrogen-bond donors (Lipinski definition) is 2. The van der Waals surface area contributed by atoms with Gasteiger partial charge in [-0.3, -0.25) is 9.52 Å². The van der Waals surface area contributed by atoms with Gasteiger partial charge in [0.15, 0.2) is 0 Å². The van der Waals surface area contributed by atoms with Crippen LogP contribution in [-0.2, 0) is 26.0 Å². The number of nitrogens with one attached hydrogen (secondary N) is 1. The minimum absolute atomic E-state index is 0.186. The average Bonchev–Trinajstić information content (AvgIpc) is 2.36. The fourth-order valence-electron chi connectivity index (χ4n) is 1.53. The Morgan fingerprint density at radius 1 is 1.42 bits per heavy atom. The molecule has 0 saturated heterocycles. The van der Waals surface area contributed by atoms with E-state index in [-0.39, 0.29) is 12.2 Å². The normalized spacial score (nSPS) is 11.1. The third-order valence-corrected chi connectivity index (χ3v) is 3.89. The van der Waals surface area contributed by atoms with Crippen molar-refractivity contribution >= 4 is 27.4 Å². The lowest BCUT2D eigenvalue weighted by Crippen LogP contribution is -2.19. The molecule has 7 heteroatoms. The van der Waals surface area contributed by atoms with E-state index in [0.717, 1.165) is 12.0 Å². The maximum atomic E-state index is 11.7. The molecular weight excluding hydrogens is 268 g/mol. The molecule has 19 heavy (non-hydrogen) atoms. The summed E-state index contributed by atoms with van der Waals surface area (Å²) >= 11 is 0. The Balaban J connectivity index is 2.73. The zero-order valence-electron chi connectivity index (χ0n) is 11.0. The van der Waals surface area contributed by atoms with E-state index in [2.05, 4.69) is 9.46 Å². The molecule has 0 bridgehead atoms. The average molecular weight is 286 g/mol. The molecule has 0 atom stereocenters. The van der Waals surface area contributed by atoms with E-state index < -0.39 is 16.0 Å². The summed E-state index contributed by atoms with van der Waals surface area (Å²) in [5.41, 5.74) is 7.67.